The molecule has 0 bridgehead atoms. The largest absolute Gasteiger partial charge is 0.506 e. The molecule has 4 rings (SSSR count). The number of rotatable bonds is 29. The number of cyclic esters (lactones) is 1. The molecule has 3 saturated heterocycles. The third-order valence-corrected chi connectivity index (χ3v) is 20.1. The maximum absolute atomic E-state index is 14.9. The molecule has 1 aromatic carbocycles. The van der Waals surface area contributed by atoms with Gasteiger partial charge in [0.05, 0.1) is 67.8 Å². The van der Waals surface area contributed by atoms with Crippen molar-refractivity contribution in [3.63, 3.8) is 0 Å². The smallest absolute Gasteiger partial charge is 0.328 e. The number of hydrogen-bond donors (Lipinski definition) is 22. The number of esters is 1. The van der Waals surface area contributed by atoms with E-state index in [1.54, 1.807) is 0 Å². The first kappa shape index (κ1) is 99.6. The second-order valence-corrected chi connectivity index (χ2v) is 30.6. The van der Waals surface area contributed by atoms with Crippen LogP contribution in [0.2, 0.25) is 0 Å². The molecule has 0 spiro atoms. The van der Waals surface area contributed by atoms with Crippen LogP contribution in [0.5, 0.6) is 5.75 Å². The van der Waals surface area contributed by atoms with Gasteiger partial charge in [0, 0.05) is 52.4 Å². The quantitative estimate of drug-likeness (QED) is 0.0202. The van der Waals surface area contributed by atoms with Gasteiger partial charge in [-0.2, -0.15) is 0 Å². The monoisotopic (exact) mass is 1660 g/mol. The minimum atomic E-state index is -2.25. The molecule has 19 atom stereocenters. The minimum Gasteiger partial charge on any atom is -0.506 e. The van der Waals surface area contributed by atoms with Crippen molar-refractivity contribution in [2.45, 2.75) is 306 Å². The van der Waals surface area contributed by atoms with E-state index in [0.717, 1.165) is 90.4 Å². The molecule has 3 aliphatic rings. The van der Waals surface area contributed by atoms with Gasteiger partial charge in [0.2, 0.25) is 88.6 Å². The highest BCUT2D eigenvalue weighted by Crippen LogP contribution is 2.28. The number of nitrogens with one attached hydrogen (secondary N) is 12. The van der Waals surface area contributed by atoms with E-state index in [0.29, 0.717) is 17.7 Å². The number of benzene rings is 1. The lowest BCUT2D eigenvalue weighted by Crippen LogP contribution is -2.64. The van der Waals surface area contributed by atoms with Gasteiger partial charge in [-0.25, -0.2) is 4.79 Å². The second kappa shape index (κ2) is 49.4. The second-order valence-electron chi connectivity index (χ2n) is 30.6. The number of unbranched alkanes of at least 4 members (excludes halogenated alkanes) is 10. The number of carbonyl (C=O) groups is 16. The summed E-state index contributed by atoms with van der Waals surface area (Å²) in [6.07, 6.45) is -7.41. The molecule has 0 radical (unpaired) electrons. The van der Waals surface area contributed by atoms with E-state index < -0.39 is 267 Å². The molecule has 24 N–H and O–H groups in total. The van der Waals surface area contributed by atoms with Crippen LogP contribution in [0.3, 0.4) is 0 Å². The van der Waals surface area contributed by atoms with Crippen molar-refractivity contribution < 1.29 is 122 Å². The molecule has 3 heterocycles. The van der Waals surface area contributed by atoms with E-state index in [1.165, 1.54) is 45.9 Å². The minimum absolute atomic E-state index is 0.0129. The van der Waals surface area contributed by atoms with Gasteiger partial charge in [-0.05, 0) is 90.3 Å². The first-order valence-electron chi connectivity index (χ1n) is 40.0. The summed E-state index contributed by atoms with van der Waals surface area (Å²) in [5.74, 6) is -19.2. The van der Waals surface area contributed by atoms with Gasteiger partial charge in [-0.15, -0.1) is 0 Å². The van der Waals surface area contributed by atoms with Crippen molar-refractivity contribution in [2.75, 3.05) is 38.0 Å². The molecule has 658 valence electrons. The van der Waals surface area contributed by atoms with Crippen LogP contribution in [0.15, 0.2) is 18.2 Å². The third kappa shape index (κ3) is 32.6. The Morgan fingerprint density at radius 3 is 1.69 bits per heavy atom. The van der Waals surface area contributed by atoms with Crippen LogP contribution in [0.4, 0.5) is 5.69 Å². The maximum Gasteiger partial charge on any atom is 0.328 e. The number of nitrogens with two attached hydrogens (primary N) is 2. The number of carbonyl (C=O) groups excluding carboxylic acids is 16. The van der Waals surface area contributed by atoms with E-state index in [4.69, 9.17) is 16.2 Å². The average molecular weight is 1660 g/mol. The SMILES string of the molecule is CCCCCCCCCCCCC[C@@H]1CC(=O)N[C@H]([C@@H](C)O)C(=O)N[C@H](C)C(=O)N[C@@H](Cc2ccc(O)c(NC(=O)CCN)c2)C(=O)N[C@@H](C(C)C)C(=O)N2C[C@H](O)C[C@H]2C(=O)N[C@H]([C@@H](C)O)C(=O)N[C@@H]([C@@H](C)O)C(=O)N2CC[C@H](O)[C@H]2C(=O)N[C@@H]([C@H](O)CC(N)=O)C(=O)NCC(=O)N[C@H]([C@@H](C)O)C(=O)N[C@@H](CCCNC(C)=O)C(=O)O1. The van der Waals surface area contributed by atoms with Gasteiger partial charge in [0.1, 0.15) is 78.3 Å². The van der Waals surface area contributed by atoms with Crippen LogP contribution < -0.4 is 75.3 Å². The fraction of sp³-hybridized carbons (Fsp3) is 0.711. The third-order valence-electron chi connectivity index (χ3n) is 20.1. The molecule has 3 aliphatic heterocycles. The fourth-order valence-corrected chi connectivity index (χ4v) is 13.5. The summed E-state index contributed by atoms with van der Waals surface area (Å²) in [5.41, 5.74) is 11.0. The highest BCUT2D eigenvalue weighted by atomic mass is 16.5. The van der Waals surface area contributed by atoms with Gasteiger partial charge in [0.15, 0.2) is 0 Å². The Balaban J connectivity index is 1.87. The van der Waals surface area contributed by atoms with E-state index in [2.05, 4.69) is 70.7 Å². The number of phenolic OH excluding ortho intramolecular Hbond substituents is 1. The number of phenols is 1. The maximum atomic E-state index is 14.9. The number of aromatic hydroxyl groups is 1. The zero-order chi connectivity index (χ0) is 87.7. The van der Waals surface area contributed by atoms with Crippen molar-refractivity contribution in [1.29, 1.82) is 0 Å². The number of aliphatic hydroxyl groups is 7. The molecule has 0 saturated carbocycles. The Kier molecular flexibility index (Phi) is 42.1. The molecule has 3 fully saturated rings. The van der Waals surface area contributed by atoms with Crippen molar-refractivity contribution in [1.82, 2.24) is 68.3 Å². The molecule has 15 amide bonds. The first-order chi connectivity index (χ1) is 55.1. The van der Waals surface area contributed by atoms with Crippen LogP contribution in [0.25, 0.3) is 0 Å². The Labute approximate surface area is 679 Å². The van der Waals surface area contributed by atoms with E-state index in [9.17, 15) is 118 Å². The zero-order valence-electron chi connectivity index (χ0n) is 68.0. The van der Waals surface area contributed by atoms with E-state index >= 15 is 0 Å². The molecular formula is C76H124N16O25. The van der Waals surface area contributed by atoms with Crippen molar-refractivity contribution in [3.8, 4) is 5.75 Å². The molecule has 41 heteroatoms. The summed E-state index contributed by atoms with van der Waals surface area (Å²) in [5, 5.41) is 117. The molecule has 0 unspecified atom stereocenters. The van der Waals surface area contributed by atoms with Gasteiger partial charge >= 0.3 is 5.97 Å². The number of anilines is 1. The highest BCUT2D eigenvalue weighted by molar-refractivity contribution is 6.01. The van der Waals surface area contributed by atoms with Crippen molar-refractivity contribution >= 4 is 100 Å². The summed E-state index contributed by atoms with van der Waals surface area (Å²) >= 11 is 0. The number of fused-ring (bicyclic) bond motifs is 2. The Bertz CT molecular complexity index is 3570. The zero-order valence-corrected chi connectivity index (χ0v) is 68.0. The number of amides is 15. The normalized spacial score (nSPS) is 26.8. The van der Waals surface area contributed by atoms with Gasteiger partial charge in [-0.3, -0.25) is 71.9 Å². The number of aliphatic hydroxyl groups excluding tert-OH is 7. The number of nitrogens with zero attached hydrogens (tertiary/aromatic N) is 2. The van der Waals surface area contributed by atoms with Gasteiger partial charge in [-0.1, -0.05) is 91.0 Å². The average Bonchev–Trinajstić information content (AvgIpc) is 1.69. The first-order valence-corrected chi connectivity index (χ1v) is 40.0. The predicted octanol–water partition coefficient (Wildman–Crippen LogP) is -6.01. The van der Waals surface area contributed by atoms with Crippen molar-refractivity contribution in [2.24, 2.45) is 17.4 Å². The van der Waals surface area contributed by atoms with Crippen LogP contribution in [-0.2, 0) is 87.9 Å². The molecule has 0 aromatic heterocycles. The summed E-state index contributed by atoms with van der Waals surface area (Å²) in [4.78, 5) is 225. The van der Waals surface area contributed by atoms with Gasteiger partial charge < -0.3 is 131 Å². The number of hydrogen-bond acceptors (Lipinski definition) is 26. The highest BCUT2D eigenvalue weighted by Gasteiger charge is 2.49. The lowest BCUT2D eigenvalue weighted by atomic mass is 9.99. The van der Waals surface area contributed by atoms with Crippen LogP contribution in [0.1, 0.15) is 190 Å². The molecule has 117 heavy (non-hydrogen) atoms. The van der Waals surface area contributed by atoms with Crippen molar-refractivity contribution in [3.05, 3.63) is 23.8 Å². The van der Waals surface area contributed by atoms with Crippen LogP contribution in [0, 0.1) is 5.92 Å². The molecule has 1 aromatic rings. The summed E-state index contributed by atoms with van der Waals surface area (Å²) in [7, 11) is 0. The van der Waals surface area contributed by atoms with Crippen LogP contribution in [-0.4, -0.2) is 293 Å². The number of ether oxygens (including phenoxy) is 1. The van der Waals surface area contributed by atoms with Gasteiger partial charge in [0.25, 0.3) is 0 Å². The predicted molar refractivity (Wildman–Crippen MR) is 417 cm³/mol. The Morgan fingerprint density at radius 2 is 1.12 bits per heavy atom. The van der Waals surface area contributed by atoms with E-state index in [1.807, 2.05) is 0 Å². The molecular weight excluding hydrogens is 1540 g/mol. The Hall–Kier alpha value is -9.78. The molecule has 41 nitrogen and oxygen atoms in total. The Morgan fingerprint density at radius 1 is 0.590 bits per heavy atom. The standard InChI is InChI=1S/C76H124N16O25/c1-10-11-12-13-14-15-16-17-18-19-20-22-47-34-57(104)85-60(40(5)93)70(110)81-39(4)66(106)84-50(32-45-24-25-52(99)49(31-45)82-56(103)26-28-77)67(107)87-59(38(2)3)74(114)92-37-46(98)33-51(92)68(108)88-62(42(7)95)72(112)89-63(43(8)96)75(115)91-30-27-53(100)65(91)73(113)90-64(54(101)35-55(78)102)69(109)80-36-58(105)86-61(41(6)94)71(111)83-48(76(116)117-47)23-21-29-79-44(9)97/h24-25,31,38-43,46-48,50-51,53-54,59-65,93-96,98-101H,10-23,26-30,32-37,77H2,1-9H3,(H2,78,102)(H,79,97)(H,80,109)(H,81,110)(H,82,103)(H,83,111)(H,84,106)(H,85,104)(H,86,105)(H,87,107)(H,88,108)(H,89,112)(H,90,113)/t39-,40-,41-,42-,43-,46-,47-,48+,50+,51+,53+,54-,59+,60-,61-,62-,63+,64+,65+/m1/s1. The van der Waals surface area contributed by atoms with Crippen LogP contribution >= 0.6 is 0 Å². The molecule has 0 aliphatic carbocycles. The topological polar surface area (TPSA) is 647 Å². The summed E-state index contributed by atoms with van der Waals surface area (Å²) < 4.78 is 5.99. The lowest BCUT2D eigenvalue weighted by molar-refractivity contribution is -0.155. The van der Waals surface area contributed by atoms with E-state index in [-0.39, 0.29) is 56.4 Å². The number of primary amides is 1. The summed E-state index contributed by atoms with van der Waals surface area (Å²) in [6, 6.07) is -16.8. The fourth-order valence-electron chi connectivity index (χ4n) is 13.5. The summed E-state index contributed by atoms with van der Waals surface area (Å²) in [6.45, 7) is 9.47. The lowest BCUT2D eigenvalue weighted by Gasteiger charge is -2.34.